The number of hydrogen-bond donors (Lipinski definition) is 2. The van der Waals surface area contributed by atoms with E-state index in [9.17, 15) is 13.9 Å². The molecule has 0 radical (unpaired) electrons. The summed E-state index contributed by atoms with van der Waals surface area (Å²) in [4.78, 5) is 18.7. The molecule has 0 spiro atoms. The third-order valence-corrected chi connectivity index (χ3v) is 12.2. The van der Waals surface area contributed by atoms with E-state index < -0.39 is 11.6 Å². The second-order valence-electron chi connectivity index (χ2n) is 15.1. The van der Waals surface area contributed by atoms with Crippen molar-refractivity contribution in [3.05, 3.63) is 59.6 Å². The van der Waals surface area contributed by atoms with E-state index in [1.165, 1.54) is 49.9 Å². The number of benzene rings is 2. The van der Waals surface area contributed by atoms with E-state index in [0.29, 0.717) is 48.3 Å². The highest BCUT2D eigenvalue weighted by molar-refractivity contribution is 6.03. The Bertz CT molecular complexity index is 2110. The first kappa shape index (κ1) is 31.6. The predicted octanol–water partition coefficient (Wildman–Crippen LogP) is 6.78. The van der Waals surface area contributed by atoms with Gasteiger partial charge in [-0.2, -0.15) is 9.97 Å². The van der Waals surface area contributed by atoms with Crippen molar-refractivity contribution >= 4 is 27.5 Å². The molecule has 2 bridgehead atoms. The number of rotatable bonds is 6. The number of piperazine rings is 1. The molecule has 2 aromatic carbocycles. The summed E-state index contributed by atoms with van der Waals surface area (Å²) < 4.78 is 52.1. The summed E-state index contributed by atoms with van der Waals surface area (Å²) in [6.07, 6.45) is 17.4. The number of nitrogens with one attached hydrogen (secondary N) is 1. The first-order valence-corrected chi connectivity index (χ1v) is 17.8. The minimum Gasteiger partial charge on any atom is -0.508 e. The Kier molecular flexibility index (Phi) is 7.48. The number of halogens is 3. The molecule has 9 rings (SSSR count). The Morgan fingerprint density at radius 3 is 2.80 bits per heavy atom. The number of phenolic OH excluding ortho intramolecular Hbond substituents is 1. The fraction of sp³-hybridized carbons (Fsp3) is 0.462. The summed E-state index contributed by atoms with van der Waals surface area (Å²) in [5, 5.41) is 15.8. The van der Waals surface area contributed by atoms with E-state index in [1.54, 1.807) is 6.20 Å². The average Bonchev–Trinajstić information content (AvgIpc) is 3.92. The summed E-state index contributed by atoms with van der Waals surface area (Å²) >= 11 is 0. The van der Waals surface area contributed by atoms with E-state index in [4.69, 9.17) is 16.1 Å². The number of anilines is 1. The number of ether oxygens (including phenoxy) is 1. The van der Waals surface area contributed by atoms with Crippen LogP contribution in [-0.2, 0) is 0 Å². The maximum absolute atomic E-state index is 17.1. The van der Waals surface area contributed by atoms with E-state index in [-0.39, 0.29) is 63.2 Å². The molecular weight excluding hydrogens is 641 g/mol. The average molecular weight is 681 g/mol. The van der Waals surface area contributed by atoms with E-state index in [0.717, 1.165) is 44.3 Å². The zero-order valence-electron chi connectivity index (χ0n) is 27.8. The van der Waals surface area contributed by atoms with E-state index in [2.05, 4.69) is 31.0 Å². The van der Waals surface area contributed by atoms with Crippen LogP contribution in [-0.4, -0.2) is 74.9 Å². The highest BCUT2D eigenvalue weighted by atomic mass is 19.1. The lowest BCUT2D eigenvalue weighted by Crippen LogP contribution is -2.62. The molecule has 0 amide bonds. The Morgan fingerprint density at radius 2 is 1.98 bits per heavy atom. The van der Waals surface area contributed by atoms with Gasteiger partial charge in [-0.05, 0) is 86.6 Å². The van der Waals surface area contributed by atoms with Crippen LogP contribution < -0.4 is 15.0 Å². The number of phenols is 1. The van der Waals surface area contributed by atoms with Gasteiger partial charge >= 0.3 is 6.01 Å². The molecule has 5 aliphatic rings. The summed E-state index contributed by atoms with van der Waals surface area (Å²) in [6, 6.07) is 5.86. The quantitative estimate of drug-likeness (QED) is 0.216. The SMILES string of the molecule is C#Cc1c(F)ccc2cc(O)cc(-c3ncc4c(N5C[C@@H]6CC[C@](C7CCCC7)(C5)N6)nc(OC[C@@]56CCCN5C/C(=C\F)C6)nc4c3F)c12. The molecular formula is C39H39F3N6O2. The molecule has 6 heterocycles. The first-order chi connectivity index (χ1) is 24.3. The van der Waals surface area contributed by atoms with E-state index >= 15 is 4.39 Å². The number of nitrogens with zero attached hydrogens (tertiary/aromatic N) is 5. The molecule has 4 aromatic rings. The molecule has 4 aliphatic heterocycles. The number of hydrogen-bond acceptors (Lipinski definition) is 8. The van der Waals surface area contributed by atoms with E-state index in [1.807, 2.05) is 0 Å². The standard InChI is InChI=1S/C39H39F3N6O2/c1-2-28-31(41)9-8-24-14-27(49)15-29(32(24)28)34-33(42)35-30(18-43-34)36(47-20-26-10-12-39(21-47,46-26)25-6-3-4-7-25)45-37(44-35)50-22-38-11-5-13-48(38)19-23(16-38)17-40/h1,8-9,14-15,17-18,25-26,46,49H,3-7,10-13,16,19-22H2/b23-17-/t26-,38-,39+/m0/s1. The van der Waals surface area contributed by atoms with Crippen molar-refractivity contribution in [1.29, 1.82) is 0 Å². The summed E-state index contributed by atoms with van der Waals surface area (Å²) in [6.45, 7) is 3.10. The lowest BCUT2D eigenvalue weighted by molar-refractivity contribution is 0.108. The third-order valence-electron chi connectivity index (χ3n) is 12.2. The molecule has 4 saturated heterocycles. The summed E-state index contributed by atoms with van der Waals surface area (Å²) in [7, 11) is 0. The molecule has 11 heteroatoms. The van der Waals surface area contributed by atoms with Crippen molar-refractivity contribution in [2.75, 3.05) is 37.7 Å². The molecule has 0 unspecified atom stereocenters. The topological polar surface area (TPSA) is 86.6 Å². The van der Waals surface area contributed by atoms with Crippen molar-refractivity contribution in [1.82, 2.24) is 25.2 Å². The second kappa shape index (κ2) is 11.8. The maximum atomic E-state index is 17.1. The van der Waals surface area contributed by atoms with Crippen molar-refractivity contribution in [2.24, 2.45) is 5.92 Å². The van der Waals surface area contributed by atoms with Crippen LogP contribution in [0.15, 0.2) is 42.4 Å². The van der Waals surface area contributed by atoms with Crippen molar-refractivity contribution in [2.45, 2.75) is 74.9 Å². The van der Waals surface area contributed by atoms with Crippen LogP contribution >= 0.6 is 0 Å². The second-order valence-corrected chi connectivity index (χ2v) is 15.1. The molecule has 50 heavy (non-hydrogen) atoms. The van der Waals surface area contributed by atoms with Crippen LogP contribution in [0.4, 0.5) is 19.0 Å². The van der Waals surface area contributed by atoms with Gasteiger partial charge < -0.3 is 20.1 Å². The largest absolute Gasteiger partial charge is 0.508 e. The van der Waals surface area contributed by atoms with Gasteiger partial charge in [-0.1, -0.05) is 24.8 Å². The highest BCUT2D eigenvalue weighted by Gasteiger charge is 2.51. The minimum atomic E-state index is -0.747. The smallest absolute Gasteiger partial charge is 0.319 e. The fourth-order valence-electron chi connectivity index (χ4n) is 9.93. The maximum Gasteiger partial charge on any atom is 0.319 e. The molecule has 5 fully saturated rings. The number of aromatic hydroxyl groups is 1. The first-order valence-electron chi connectivity index (χ1n) is 17.8. The Morgan fingerprint density at radius 1 is 1.12 bits per heavy atom. The number of terminal acetylenes is 1. The van der Waals surface area contributed by atoms with Crippen LogP contribution in [0.3, 0.4) is 0 Å². The Balaban J connectivity index is 1.18. The number of fused-ring (bicyclic) bond motifs is 5. The van der Waals surface area contributed by atoms with Gasteiger partial charge in [-0.25, -0.2) is 13.2 Å². The van der Waals surface area contributed by atoms with Crippen LogP contribution in [0.2, 0.25) is 0 Å². The number of pyridine rings is 1. The van der Waals surface area contributed by atoms with Gasteiger partial charge in [-0.3, -0.25) is 9.88 Å². The van der Waals surface area contributed by atoms with Crippen LogP contribution in [0, 0.1) is 29.9 Å². The van der Waals surface area contributed by atoms with Gasteiger partial charge in [0.25, 0.3) is 0 Å². The number of aromatic nitrogens is 3. The van der Waals surface area contributed by atoms with Crippen LogP contribution in [0.1, 0.15) is 63.4 Å². The fourth-order valence-corrected chi connectivity index (χ4v) is 9.93. The minimum absolute atomic E-state index is 0.0162. The van der Waals surface area contributed by atoms with Crippen LogP contribution in [0.25, 0.3) is 32.9 Å². The van der Waals surface area contributed by atoms with Gasteiger partial charge in [0.05, 0.1) is 22.8 Å². The lowest BCUT2D eigenvalue weighted by atomic mass is 9.80. The van der Waals surface area contributed by atoms with Gasteiger partial charge in [0.1, 0.15) is 35.2 Å². The molecule has 1 saturated carbocycles. The monoisotopic (exact) mass is 680 g/mol. The van der Waals surface area contributed by atoms with Crippen molar-refractivity contribution in [3.63, 3.8) is 0 Å². The van der Waals surface area contributed by atoms with Crippen LogP contribution in [0.5, 0.6) is 11.8 Å². The molecule has 8 nitrogen and oxygen atoms in total. The van der Waals surface area contributed by atoms with Gasteiger partial charge in [0.15, 0.2) is 5.82 Å². The Labute approximate surface area is 288 Å². The van der Waals surface area contributed by atoms with Gasteiger partial charge in [0, 0.05) is 48.4 Å². The molecule has 2 aromatic heterocycles. The summed E-state index contributed by atoms with van der Waals surface area (Å²) in [5.74, 6) is 2.02. The molecule has 2 N–H and O–H groups in total. The molecule has 3 atom stereocenters. The molecule has 1 aliphatic carbocycles. The van der Waals surface area contributed by atoms with Crippen molar-refractivity contribution in [3.8, 4) is 35.4 Å². The van der Waals surface area contributed by atoms with Gasteiger partial charge in [-0.15, -0.1) is 6.42 Å². The normalized spacial score (nSPS) is 27.5. The lowest BCUT2D eigenvalue weighted by Gasteiger charge is -2.45. The highest BCUT2D eigenvalue weighted by Crippen LogP contribution is 2.46. The van der Waals surface area contributed by atoms with Gasteiger partial charge in [0.2, 0.25) is 0 Å². The third kappa shape index (κ3) is 4.94. The predicted molar refractivity (Wildman–Crippen MR) is 186 cm³/mol. The summed E-state index contributed by atoms with van der Waals surface area (Å²) in [5.41, 5.74) is 0.350. The Hall–Kier alpha value is -4.40. The van der Waals surface area contributed by atoms with Crippen molar-refractivity contribution < 1.29 is 23.0 Å². The zero-order chi connectivity index (χ0) is 34.2. The molecule has 258 valence electrons. The zero-order valence-corrected chi connectivity index (χ0v) is 27.8.